The molecule has 136 valence electrons. The van der Waals surface area contributed by atoms with Gasteiger partial charge in [0, 0.05) is 19.8 Å². The molecule has 1 aliphatic carbocycles. The largest absolute Gasteiger partial charge is 0.478 e. The fraction of sp³-hybridized carbons (Fsp3) is 0.500. The molecule has 1 aromatic rings. The van der Waals surface area contributed by atoms with Crippen LogP contribution in [0.15, 0.2) is 30.3 Å². The Morgan fingerprint density at radius 2 is 1.84 bits per heavy atom. The van der Waals surface area contributed by atoms with Crippen molar-refractivity contribution in [1.82, 2.24) is 0 Å². The Morgan fingerprint density at radius 1 is 1.16 bits per heavy atom. The van der Waals surface area contributed by atoms with Crippen molar-refractivity contribution in [3.63, 3.8) is 0 Å². The molecule has 2 rings (SSSR count). The third-order valence-electron chi connectivity index (χ3n) is 4.59. The normalized spacial score (nSPS) is 20.5. The Kier molecular flexibility index (Phi) is 7.67. The number of methoxy groups -OCH3 is 1. The summed E-state index contributed by atoms with van der Waals surface area (Å²) in [4.78, 5) is 22.7. The molecule has 1 aromatic carbocycles. The Hall–Kier alpha value is -2.14. The van der Waals surface area contributed by atoms with Crippen LogP contribution in [0.3, 0.4) is 0 Å². The van der Waals surface area contributed by atoms with Crippen molar-refractivity contribution >= 4 is 18.0 Å². The van der Waals surface area contributed by atoms with E-state index >= 15 is 0 Å². The quantitative estimate of drug-likeness (QED) is 0.439. The lowest BCUT2D eigenvalue weighted by molar-refractivity contribution is -0.131. The molecular weight excluding hydrogens is 320 g/mol. The second-order valence-corrected chi connectivity index (χ2v) is 6.48. The van der Waals surface area contributed by atoms with Crippen molar-refractivity contribution < 1.29 is 24.2 Å². The van der Waals surface area contributed by atoms with E-state index < -0.39 is 5.97 Å². The van der Waals surface area contributed by atoms with E-state index in [0.717, 1.165) is 50.4 Å². The summed E-state index contributed by atoms with van der Waals surface area (Å²) in [6.45, 7) is 0.812. The van der Waals surface area contributed by atoms with E-state index in [0.29, 0.717) is 11.5 Å². The molecule has 0 radical (unpaired) electrons. The molecule has 1 saturated carbocycles. The van der Waals surface area contributed by atoms with Gasteiger partial charge in [-0.05, 0) is 68.2 Å². The number of benzene rings is 1. The van der Waals surface area contributed by atoms with Gasteiger partial charge in [-0.25, -0.2) is 9.59 Å². The van der Waals surface area contributed by atoms with Crippen LogP contribution in [0.4, 0.5) is 0 Å². The lowest BCUT2D eigenvalue weighted by atomic mass is 9.84. The van der Waals surface area contributed by atoms with Gasteiger partial charge in [0.05, 0.1) is 5.56 Å². The van der Waals surface area contributed by atoms with Gasteiger partial charge in [0.15, 0.2) is 0 Å². The van der Waals surface area contributed by atoms with E-state index in [2.05, 4.69) is 0 Å². The van der Waals surface area contributed by atoms with Crippen LogP contribution in [0.1, 0.15) is 54.4 Å². The first-order chi connectivity index (χ1) is 12.1. The first kappa shape index (κ1) is 19.2. The number of carbonyl (C=O) groups is 2. The first-order valence-corrected chi connectivity index (χ1v) is 8.79. The molecule has 5 nitrogen and oxygen atoms in total. The highest BCUT2D eigenvalue weighted by Crippen LogP contribution is 2.29. The maximum atomic E-state index is 12.2. The number of carboxylic acids is 1. The Labute approximate surface area is 148 Å². The molecule has 5 heteroatoms. The zero-order valence-corrected chi connectivity index (χ0v) is 14.6. The molecule has 0 spiro atoms. The van der Waals surface area contributed by atoms with E-state index in [4.69, 9.17) is 14.6 Å². The van der Waals surface area contributed by atoms with Gasteiger partial charge in [0.25, 0.3) is 0 Å². The van der Waals surface area contributed by atoms with E-state index in [-0.39, 0.29) is 12.1 Å². The molecule has 0 aliphatic heterocycles. The van der Waals surface area contributed by atoms with Crippen LogP contribution in [0.5, 0.6) is 0 Å². The number of aliphatic carboxylic acids is 1. The predicted octanol–water partition coefficient (Wildman–Crippen LogP) is 3.93. The first-order valence-electron chi connectivity index (χ1n) is 8.79. The third-order valence-corrected chi connectivity index (χ3v) is 4.59. The molecule has 25 heavy (non-hydrogen) atoms. The van der Waals surface area contributed by atoms with Gasteiger partial charge >= 0.3 is 11.9 Å². The molecule has 0 bridgehead atoms. The second-order valence-electron chi connectivity index (χ2n) is 6.48. The second kappa shape index (κ2) is 9.99. The average Bonchev–Trinajstić information content (AvgIpc) is 2.62. The van der Waals surface area contributed by atoms with Gasteiger partial charge in [-0.2, -0.15) is 0 Å². The van der Waals surface area contributed by atoms with Crippen molar-refractivity contribution in [3.05, 3.63) is 41.5 Å². The highest BCUT2D eigenvalue weighted by Gasteiger charge is 2.24. The lowest BCUT2D eigenvalue weighted by Crippen LogP contribution is -2.24. The van der Waals surface area contributed by atoms with Crippen LogP contribution in [0.2, 0.25) is 0 Å². The molecule has 0 heterocycles. The number of esters is 1. The summed E-state index contributed by atoms with van der Waals surface area (Å²) >= 11 is 0. The van der Waals surface area contributed by atoms with Gasteiger partial charge in [-0.3, -0.25) is 0 Å². The SMILES string of the molecule is COCCCC1CCC(OC(=O)c2ccc(/C=C/C(=O)O)cc2)CC1. The predicted molar refractivity (Wildman–Crippen MR) is 95.4 cm³/mol. The van der Waals surface area contributed by atoms with Crippen LogP contribution in [-0.4, -0.2) is 36.9 Å². The van der Waals surface area contributed by atoms with Crippen LogP contribution >= 0.6 is 0 Å². The van der Waals surface area contributed by atoms with Gasteiger partial charge in [-0.15, -0.1) is 0 Å². The Balaban J connectivity index is 1.77. The van der Waals surface area contributed by atoms with Gasteiger partial charge < -0.3 is 14.6 Å². The summed E-state index contributed by atoms with van der Waals surface area (Å²) in [7, 11) is 1.73. The van der Waals surface area contributed by atoms with Crippen LogP contribution in [-0.2, 0) is 14.3 Å². The number of hydrogen-bond acceptors (Lipinski definition) is 4. The fourth-order valence-corrected chi connectivity index (χ4v) is 3.17. The minimum atomic E-state index is -0.999. The molecule has 0 atom stereocenters. The molecule has 0 unspecified atom stereocenters. The number of carbonyl (C=O) groups excluding carboxylic acids is 1. The van der Waals surface area contributed by atoms with Crippen molar-refractivity contribution in [2.45, 2.75) is 44.6 Å². The standard InChI is InChI=1S/C20H26O5/c1-24-14-2-3-15-6-11-18(12-7-15)25-20(23)17-9-4-16(5-10-17)8-13-19(21)22/h4-5,8-10,13,15,18H,2-3,6-7,11-12,14H2,1H3,(H,21,22)/b13-8+. The maximum Gasteiger partial charge on any atom is 0.338 e. The molecule has 1 N–H and O–H groups in total. The average molecular weight is 346 g/mol. The highest BCUT2D eigenvalue weighted by molar-refractivity contribution is 5.90. The van der Waals surface area contributed by atoms with Crippen molar-refractivity contribution in [1.29, 1.82) is 0 Å². The third kappa shape index (κ3) is 6.70. The molecule has 0 saturated heterocycles. The van der Waals surface area contributed by atoms with E-state index in [9.17, 15) is 9.59 Å². The van der Waals surface area contributed by atoms with Crippen LogP contribution in [0, 0.1) is 5.92 Å². The smallest absolute Gasteiger partial charge is 0.338 e. The van der Waals surface area contributed by atoms with Crippen molar-refractivity contribution in [3.8, 4) is 0 Å². The van der Waals surface area contributed by atoms with Gasteiger partial charge in [-0.1, -0.05) is 12.1 Å². The molecule has 1 aliphatic rings. The zero-order valence-electron chi connectivity index (χ0n) is 14.6. The summed E-state index contributed by atoms with van der Waals surface area (Å²) in [5.74, 6) is -0.594. The summed E-state index contributed by atoms with van der Waals surface area (Å²) in [5.41, 5.74) is 1.23. The summed E-state index contributed by atoms with van der Waals surface area (Å²) in [5, 5.41) is 8.61. The summed E-state index contributed by atoms with van der Waals surface area (Å²) in [6.07, 6.45) is 8.86. The highest BCUT2D eigenvalue weighted by atomic mass is 16.5. The lowest BCUT2D eigenvalue weighted by Gasteiger charge is -2.28. The molecule has 0 aromatic heterocycles. The number of ether oxygens (including phenoxy) is 2. The minimum Gasteiger partial charge on any atom is -0.478 e. The fourth-order valence-electron chi connectivity index (χ4n) is 3.17. The van der Waals surface area contributed by atoms with Crippen LogP contribution in [0.25, 0.3) is 6.08 Å². The Bertz CT molecular complexity index is 583. The van der Waals surface area contributed by atoms with E-state index in [1.165, 1.54) is 12.5 Å². The van der Waals surface area contributed by atoms with Crippen molar-refractivity contribution in [2.24, 2.45) is 5.92 Å². The maximum absolute atomic E-state index is 12.2. The van der Waals surface area contributed by atoms with Crippen LogP contribution < -0.4 is 0 Å². The summed E-state index contributed by atoms with van der Waals surface area (Å²) in [6, 6.07) is 6.76. The zero-order chi connectivity index (χ0) is 18.1. The topological polar surface area (TPSA) is 72.8 Å². The number of rotatable bonds is 8. The van der Waals surface area contributed by atoms with Crippen molar-refractivity contribution in [2.75, 3.05) is 13.7 Å². The summed E-state index contributed by atoms with van der Waals surface area (Å²) < 4.78 is 10.7. The van der Waals surface area contributed by atoms with E-state index in [1.807, 2.05) is 0 Å². The molecule has 1 fully saturated rings. The monoisotopic (exact) mass is 346 g/mol. The number of hydrogen-bond donors (Lipinski definition) is 1. The molecule has 0 amide bonds. The van der Waals surface area contributed by atoms with Gasteiger partial charge in [0.2, 0.25) is 0 Å². The van der Waals surface area contributed by atoms with E-state index in [1.54, 1.807) is 31.4 Å². The Morgan fingerprint density at radius 3 is 2.44 bits per heavy atom. The van der Waals surface area contributed by atoms with Gasteiger partial charge in [0.1, 0.15) is 6.10 Å². The number of carboxylic acid groups (broad SMARTS) is 1. The minimum absolute atomic E-state index is 0.00208. The molecular formula is C20H26O5.